The summed E-state index contributed by atoms with van der Waals surface area (Å²) < 4.78 is 27.0. The Hall–Kier alpha value is -2.23. The van der Waals surface area contributed by atoms with E-state index in [0.717, 1.165) is 36.6 Å². The summed E-state index contributed by atoms with van der Waals surface area (Å²) in [6.45, 7) is 4.35. The minimum atomic E-state index is -0.715. The van der Waals surface area contributed by atoms with E-state index in [-0.39, 0.29) is 17.0 Å². The molecule has 2 aromatic carbocycles. The summed E-state index contributed by atoms with van der Waals surface area (Å²) in [5, 5.41) is 2.85. The highest BCUT2D eigenvalue weighted by Crippen LogP contribution is 2.41. The number of nitrogens with one attached hydrogen (secondary N) is 1. The number of carbonyl (C=O) groups is 1. The monoisotopic (exact) mass is 315 g/mol. The van der Waals surface area contributed by atoms with Crippen LogP contribution in [0.2, 0.25) is 0 Å². The van der Waals surface area contributed by atoms with E-state index in [4.69, 9.17) is 0 Å². The quantitative estimate of drug-likeness (QED) is 0.868. The van der Waals surface area contributed by atoms with Gasteiger partial charge in [-0.15, -0.1) is 0 Å². The SMILES string of the molecule is CC1(C)CC[C@H](NC(=O)c2cc(F)ccc2F)c2ccccc21. The lowest BCUT2D eigenvalue weighted by Crippen LogP contribution is -2.36. The number of hydrogen-bond donors (Lipinski definition) is 1. The van der Waals surface area contributed by atoms with Gasteiger partial charge >= 0.3 is 0 Å². The van der Waals surface area contributed by atoms with Gasteiger partial charge < -0.3 is 5.32 Å². The Morgan fingerprint density at radius 2 is 1.91 bits per heavy atom. The summed E-state index contributed by atoms with van der Waals surface area (Å²) in [4.78, 5) is 12.3. The molecule has 0 saturated carbocycles. The second-order valence-electron chi connectivity index (χ2n) is 6.66. The second-order valence-corrected chi connectivity index (χ2v) is 6.66. The van der Waals surface area contributed by atoms with Crippen molar-refractivity contribution in [1.82, 2.24) is 5.32 Å². The van der Waals surface area contributed by atoms with E-state index in [2.05, 4.69) is 25.2 Å². The lowest BCUT2D eigenvalue weighted by molar-refractivity contribution is 0.0925. The molecule has 1 aliphatic rings. The fourth-order valence-electron chi connectivity index (χ4n) is 3.27. The molecule has 0 radical (unpaired) electrons. The standard InChI is InChI=1S/C19H19F2NO/c1-19(2)10-9-17(13-5-3-4-6-15(13)19)22-18(23)14-11-12(20)7-8-16(14)21/h3-8,11,17H,9-10H2,1-2H3,(H,22,23)/t17-/m0/s1. The summed E-state index contributed by atoms with van der Waals surface area (Å²) in [7, 11) is 0. The zero-order valence-corrected chi connectivity index (χ0v) is 13.2. The van der Waals surface area contributed by atoms with E-state index in [1.165, 1.54) is 5.56 Å². The molecule has 1 N–H and O–H groups in total. The fraction of sp³-hybridized carbons (Fsp3) is 0.316. The van der Waals surface area contributed by atoms with Crippen LogP contribution in [-0.2, 0) is 5.41 Å². The molecule has 4 heteroatoms. The first-order chi connectivity index (χ1) is 10.9. The third kappa shape index (κ3) is 2.98. The van der Waals surface area contributed by atoms with Crippen LogP contribution in [0.3, 0.4) is 0 Å². The molecule has 1 atom stereocenters. The van der Waals surface area contributed by atoms with Gasteiger partial charge in [0.05, 0.1) is 11.6 Å². The smallest absolute Gasteiger partial charge is 0.254 e. The molecule has 0 saturated heterocycles. The first-order valence-electron chi connectivity index (χ1n) is 7.74. The van der Waals surface area contributed by atoms with Crippen LogP contribution in [-0.4, -0.2) is 5.91 Å². The predicted molar refractivity (Wildman–Crippen MR) is 85.3 cm³/mol. The van der Waals surface area contributed by atoms with Gasteiger partial charge in [-0.05, 0) is 47.6 Å². The van der Waals surface area contributed by atoms with Crippen LogP contribution in [0.1, 0.15) is 54.2 Å². The number of fused-ring (bicyclic) bond motifs is 1. The Morgan fingerprint density at radius 3 is 2.70 bits per heavy atom. The van der Waals surface area contributed by atoms with E-state index >= 15 is 0 Å². The summed E-state index contributed by atoms with van der Waals surface area (Å²) in [5.74, 6) is -1.92. The summed E-state index contributed by atoms with van der Waals surface area (Å²) in [6.07, 6.45) is 1.69. The number of benzene rings is 2. The predicted octanol–water partition coefficient (Wildman–Crippen LogP) is 4.51. The van der Waals surface area contributed by atoms with Crippen LogP contribution in [0.4, 0.5) is 8.78 Å². The number of hydrogen-bond acceptors (Lipinski definition) is 1. The molecule has 0 spiro atoms. The van der Waals surface area contributed by atoms with Gasteiger partial charge in [0.25, 0.3) is 5.91 Å². The molecule has 2 nitrogen and oxygen atoms in total. The average molecular weight is 315 g/mol. The van der Waals surface area contributed by atoms with Gasteiger partial charge in [-0.2, -0.15) is 0 Å². The molecule has 0 bridgehead atoms. The van der Waals surface area contributed by atoms with Crippen molar-refractivity contribution in [1.29, 1.82) is 0 Å². The number of amides is 1. The highest BCUT2D eigenvalue weighted by molar-refractivity contribution is 5.94. The molecule has 23 heavy (non-hydrogen) atoms. The van der Waals surface area contributed by atoms with Crippen LogP contribution in [0.5, 0.6) is 0 Å². The normalized spacial score (nSPS) is 19.0. The maximum Gasteiger partial charge on any atom is 0.254 e. The molecule has 120 valence electrons. The largest absolute Gasteiger partial charge is 0.345 e. The summed E-state index contributed by atoms with van der Waals surface area (Å²) in [5.41, 5.74) is 2.03. The van der Waals surface area contributed by atoms with Gasteiger partial charge in [0.15, 0.2) is 0 Å². The summed E-state index contributed by atoms with van der Waals surface area (Å²) in [6, 6.07) is 10.7. The molecule has 2 aromatic rings. The Kier molecular flexibility index (Phi) is 3.92. The van der Waals surface area contributed by atoms with E-state index in [1.54, 1.807) is 0 Å². The minimum Gasteiger partial charge on any atom is -0.345 e. The van der Waals surface area contributed by atoms with Crippen molar-refractivity contribution in [2.45, 2.75) is 38.1 Å². The number of carbonyl (C=O) groups excluding carboxylic acids is 1. The first-order valence-corrected chi connectivity index (χ1v) is 7.74. The zero-order chi connectivity index (χ0) is 16.6. The van der Waals surface area contributed by atoms with Gasteiger partial charge in [-0.1, -0.05) is 38.1 Å². The van der Waals surface area contributed by atoms with Crippen molar-refractivity contribution in [2.24, 2.45) is 0 Å². The van der Waals surface area contributed by atoms with Gasteiger partial charge in [-0.25, -0.2) is 8.78 Å². The average Bonchev–Trinajstić information content (AvgIpc) is 2.53. The minimum absolute atomic E-state index is 0.0436. The van der Waals surface area contributed by atoms with E-state index in [9.17, 15) is 13.6 Å². The van der Waals surface area contributed by atoms with Crippen molar-refractivity contribution >= 4 is 5.91 Å². The number of halogens is 2. The molecule has 0 aliphatic heterocycles. The summed E-state index contributed by atoms with van der Waals surface area (Å²) >= 11 is 0. The highest BCUT2D eigenvalue weighted by Gasteiger charge is 2.33. The van der Waals surface area contributed by atoms with Crippen LogP contribution >= 0.6 is 0 Å². The van der Waals surface area contributed by atoms with Crippen molar-refractivity contribution in [2.75, 3.05) is 0 Å². The Morgan fingerprint density at radius 1 is 1.17 bits per heavy atom. The second kappa shape index (κ2) is 5.76. The number of rotatable bonds is 2. The Labute approximate surface area is 134 Å². The third-order valence-electron chi connectivity index (χ3n) is 4.60. The van der Waals surface area contributed by atoms with Crippen LogP contribution < -0.4 is 5.32 Å². The molecule has 0 aromatic heterocycles. The van der Waals surface area contributed by atoms with E-state index in [1.807, 2.05) is 18.2 Å². The van der Waals surface area contributed by atoms with Crippen molar-refractivity contribution in [3.05, 3.63) is 70.8 Å². The molecule has 0 unspecified atom stereocenters. The Bertz CT molecular complexity index is 755. The molecule has 3 rings (SSSR count). The first kappa shape index (κ1) is 15.7. The maximum atomic E-state index is 13.8. The van der Waals surface area contributed by atoms with Crippen LogP contribution in [0.15, 0.2) is 42.5 Å². The topological polar surface area (TPSA) is 29.1 Å². The molecule has 1 aliphatic carbocycles. The molecule has 1 amide bonds. The van der Waals surface area contributed by atoms with E-state index < -0.39 is 17.5 Å². The van der Waals surface area contributed by atoms with Gasteiger partial charge in [0.1, 0.15) is 11.6 Å². The molecule has 0 heterocycles. The van der Waals surface area contributed by atoms with Crippen LogP contribution in [0.25, 0.3) is 0 Å². The lowest BCUT2D eigenvalue weighted by Gasteiger charge is -2.37. The van der Waals surface area contributed by atoms with Crippen molar-refractivity contribution in [3.63, 3.8) is 0 Å². The van der Waals surface area contributed by atoms with Crippen LogP contribution in [0, 0.1) is 11.6 Å². The molecular weight excluding hydrogens is 296 g/mol. The highest BCUT2D eigenvalue weighted by atomic mass is 19.1. The van der Waals surface area contributed by atoms with Gasteiger partial charge in [0.2, 0.25) is 0 Å². The third-order valence-corrected chi connectivity index (χ3v) is 4.60. The Balaban J connectivity index is 1.89. The van der Waals surface area contributed by atoms with Gasteiger partial charge in [-0.3, -0.25) is 4.79 Å². The lowest BCUT2D eigenvalue weighted by atomic mass is 9.71. The molecule has 0 fully saturated rings. The van der Waals surface area contributed by atoms with E-state index in [0.29, 0.717) is 0 Å². The maximum absolute atomic E-state index is 13.8. The fourth-order valence-corrected chi connectivity index (χ4v) is 3.27. The van der Waals surface area contributed by atoms with Crippen molar-refractivity contribution < 1.29 is 13.6 Å². The van der Waals surface area contributed by atoms with Gasteiger partial charge in [0, 0.05) is 0 Å². The zero-order valence-electron chi connectivity index (χ0n) is 13.2. The van der Waals surface area contributed by atoms with Crippen molar-refractivity contribution in [3.8, 4) is 0 Å². The molecular formula is C19H19F2NO.